The number of carbonyl (C=O) groups excluding carboxylic acids is 1. The number of aliphatic carboxylic acids is 1. The van der Waals surface area contributed by atoms with Crippen LogP contribution in [0.15, 0.2) is 18.2 Å². The maximum absolute atomic E-state index is 12.5. The first-order valence-electron chi connectivity index (χ1n) is 7.59. The molecule has 1 N–H and O–H groups in total. The van der Waals surface area contributed by atoms with Crippen LogP contribution in [0.5, 0.6) is 0 Å². The van der Waals surface area contributed by atoms with Gasteiger partial charge in [0.2, 0.25) is 5.91 Å². The van der Waals surface area contributed by atoms with Crippen molar-refractivity contribution >= 4 is 11.9 Å². The summed E-state index contributed by atoms with van der Waals surface area (Å²) < 4.78 is 0. The van der Waals surface area contributed by atoms with Crippen LogP contribution in [-0.2, 0) is 22.6 Å². The molecule has 0 spiro atoms. The van der Waals surface area contributed by atoms with E-state index >= 15 is 0 Å². The van der Waals surface area contributed by atoms with Crippen molar-refractivity contribution in [2.75, 3.05) is 6.54 Å². The van der Waals surface area contributed by atoms with E-state index in [1.807, 2.05) is 6.07 Å². The molecule has 0 bridgehead atoms. The summed E-state index contributed by atoms with van der Waals surface area (Å²) in [7, 11) is 0. The van der Waals surface area contributed by atoms with Crippen molar-refractivity contribution in [2.24, 2.45) is 5.41 Å². The second kappa shape index (κ2) is 4.86. The molecule has 0 atom stereocenters. The number of carbonyl (C=O) groups is 2. The second-order valence-electron chi connectivity index (χ2n) is 6.50. The summed E-state index contributed by atoms with van der Waals surface area (Å²) >= 11 is 0. The number of benzene rings is 1. The fourth-order valence-electron chi connectivity index (χ4n) is 3.30. The molecular formula is C17H21NO3. The quantitative estimate of drug-likeness (QED) is 0.869. The van der Waals surface area contributed by atoms with Crippen molar-refractivity contribution in [3.05, 3.63) is 34.9 Å². The highest BCUT2D eigenvalue weighted by Gasteiger charge is 2.58. The van der Waals surface area contributed by atoms with Crippen LogP contribution in [0.3, 0.4) is 0 Å². The zero-order valence-corrected chi connectivity index (χ0v) is 12.6. The number of hydrogen-bond acceptors (Lipinski definition) is 2. The first-order chi connectivity index (χ1) is 9.95. The van der Waals surface area contributed by atoms with Crippen molar-refractivity contribution in [1.29, 1.82) is 0 Å². The van der Waals surface area contributed by atoms with Gasteiger partial charge in [-0.1, -0.05) is 32.0 Å². The average molecular weight is 287 g/mol. The number of hydrogen-bond donors (Lipinski definition) is 1. The normalized spacial score (nSPS) is 19.3. The van der Waals surface area contributed by atoms with Gasteiger partial charge in [-0.2, -0.15) is 0 Å². The topological polar surface area (TPSA) is 57.6 Å². The van der Waals surface area contributed by atoms with Gasteiger partial charge in [0.25, 0.3) is 0 Å². The Balaban J connectivity index is 1.84. The molecule has 0 unspecified atom stereocenters. The minimum atomic E-state index is -1.12. The summed E-state index contributed by atoms with van der Waals surface area (Å²) in [5, 5.41) is 9.27. The smallest absolute Gasteiger partial charge is 0.319 e. The Labute approximate surface area is 124 Å². The summed E-state index contributed by atoms with van der Waals surface area (Å²) in [6.07, 6.45) is 1.79. The van der Waals surface area contributed by atoms with Crippen LogP contribution in [0.4, 0.5) is 0 Å². The third-order valence-corrected chi connectivity index (χ3v) is 4.78. The second-order valence-corrected chi connectivity index (χ2v) is 6.50. The lowest BCUT2D eigenvalue weighted by Crippen LogP contribution is -2.43. The van der Waals surface area contributed by atoms with Gasteiger partial charge in [-0.15, -0.1) is 0 Å². The summed E-state index contributed by atoms with van der Waals surface area (Å²) in [5.41, 5.74) is 2.74. The molecule has 1 saturated carbocycles. The van der Waals surface area contributed by atoms with Gasteiger partial charge in [0, 0.05) is 13.1 Å². The fraction of sp³-hybridized carbons (Fsp3) is 0.529. The van der Waals surface area contributed by atoms with Crippen molar-refractivity contribution in [1.82, 2.24) is 4.90 Å². The van der Waals surface area contributed by atoms with Crippen LogP contribution >= 0.6 is 0 Å². The maximum Gasteiger partial charge on any atom is 0.319 e. The van der Waals surface area contributed by atoms with E-state index in [2.05, 4.69) is 26.0 Å². The van der Waals surface area contributed by atoms with Gasteiger partial charge in [0.1, 0.15) is 5.41 Å². The predicted octanol–water partition coefficient (Wildman–Crippen LogP) is 2.56. The van der Waals surface area contributed by atoms with Crippen molar-refractivity contribution in [3.8, 4) is 0 Å². The molecule has 0 aromatic heterocycles. The Morgan fingerprint density at radius 3 is 2.57 bits per heavy atom. The number of carboxylic acids is 1. The number of rotatable bonds is 3. The molecule has 4 heteroatoms. The molecule has 1 amide bonds. The van der Waals surface area contributed by atoms with Crippen LogP contribution in [-0.4, -0.2) is 28.4 Å². The van der Waals surface area contributed by atoms with E-state index in [9.17, 15) is 14.7 Å². The Hall–Kier alpha value is -1.84. The number of carboxylic acid groups (broad SMARTS) is 1. The highest BCUT2D eigenvalue weighted by molar-refractivity contribution is 6.04. The lowest BCUT2D eigenvalue weighted by atomic mass is 9.88. The first kappa shape index (κ1) is 14.1. The third kappa shape index (κ3) is 2.23. The molecular weight excluding hydrogens is 266 g/mol. The SMILES string of the molecule is CC(C)c1cccc2c1CCN(C(=O)C1(C(=O)O)CC1)C2. The first-order valence-corrected chi connectivity index (χ1v) is 7.59. The third-order valence-electron chi connectivity index (χ3n) is 4.78. The van der Waals surface area contributed by atoms with Gasteiger partial charge in [0.15, 0.2) is 0 Å². The van der Waals surface area contributed by atoms with Gasteiger partial charge < -0.3 is 10.0 Å². The van der Waals surface area contributed by atoms with Crippen molar-refractivity contribution in [2.45, 2.75) is 45.6 Å². The van der Waals surface area contributed by atoms with Crippen LogP contribution < -0.4 is 0 Å². The van der Waals surface area contributed by atoms with Gasteiger partial charge in [-0.25, -0.2) is 0 Å². The molecule has 4 nitrogen and oxygen atoms in total. The summed E-state index contributed by atoms with van der Waals surface area (Å²) in [6, 6.07) is 6.24. The zero-order valence-electron chi connectivity index (χ0n) is 12.6. The summed E-state index contributed by atoms with van der Waals surface area (Å²) in [5.74, 6) is -0.694. The van der Waals surface area contributed by atoms with E-state index in [-0.39, 0.29) is 5.91 Å². The standard InChI is InChI=1S/C17H21NO3/c1-11(2)13-5-3-4-12-10-18(9-6-14(12)13)15(19)17(7-8-17)16(20)21/h3-5,11H,6-10H2,1-2H3,(H,20,21). The molecule has 0 saturated heterocycles. The van der Waals surface area contributed by atoms with Crippen molar-refractivity contribution < 1.29 is 14.7 Å². The number of nitrogens with zero attached hydrogens (tertiary/aromatic N) is 1. The molecule has 112 valence electrons. The molecule has 1 fully saturated rings. The fourth-order valence-corrected chi connectivity index (χ4v) is 3.30. The maximum atomic E-state index is 12.5. The Morgan fingerprint density at radius 2 is 2.00 bits per heavy atom. The van der Waals surface area contributed by atoms with Crippen LogP contribution in [0.25, 0.3) is 0 Å². The monoisotopic (exact) mass is 287 g/mol. The van der Waals surface area contributed by atoms with E-state index in [4.69, 9.17) is 0 Å². The lowest BCUT2D eigenvalue weighted by molar-refractivity contribution is -0.153. The van der Waals surface area contributed by atoms with Crippen LogP contribution in [0, 0.1) is 5.41 Å². The number of amides is 1. The van der Waals surface area contributed by atoms with Gasteiger partial charge in [-0.05, 0) is 41.9 Å². The summed E-state index contributed by atoms with van der Waals surface area (Å²) in [6.45, 7) is 5.53. The van der Waals surface area contributed by atoms with Crippen LogP contribution in [0.2, 0.25) is 0 Å². The zero-order chi connectivity index (χ0) is 15.2. The summed E-state index contributed by atoms with van der Waals surface area (Å²) in [4.78, 5) is 25.5. The predicted molar refractivity (Wildman–Crippen MR) is 79.0 cm³/mol. The van der Waals surface area contributed by atoms with Gasteiger partial charge in [-0.3, -0.25) is 9.59 Å². The minimum Gasteiger partial charge on any atom is -0.480 e. The van der Waals surface area contributed by atoms with Gasteiger partial charge in [0.05, 0.1) is 0 Å². The molecule has 1 aliphatic carbocycles. The molecule has 0 radical (unpaired) electrons. The highest BCUT2D eigenvalue weighted by atomic mass is 16.4. The largest absolute Gasteiger partial charge is 0.480 e. The average Bonchev–Trinajstić information content (AvgIpc) is 3.26. The van der Waals surface area contributed by atoms with Crippen molar-refractivity contribution in [3.63, 3.8) is 0 Å². The molecule has 1 heterocycles. The van der Waals surface area contributed by atoms with E-state index in [1.54, 1.807) is 4.90 Å². The van der Waals surface area contributed by atoms with E-state index in [0.29, 0.717) is 31.8 Å². The molecule has 3 rings (SSSR count). The molecule has 2 aliphatic rings. The number of fused-ring (bicyclic) bond motifs is 1. The molecule has 1 aromatic carbocycles. The molecule has 1 aliphatic heterocycles. The Bertz CT molecular complexity index is 602. The lowest BCUT2D eigenvalue weighted by Gasteiger charge is -2.32. The van der Waals surface area contributed by atoms with Crippen LogP contribution in [0.1, 0.15) is 49.3 Å². The molecule has 21 heavy (non-hydrogen) atoms. The Morgan fingerprint density at radius 1 is 1.29 bits per heavy atom. The molecule has 1 aromatic rings. The minimum absolute atomic E-state index is 0.199. The van der Waals surface area contributed by atoms with E-state index in [1.165, 1.54) is 16.7 Å². The van der Waals surface area contributed by atoms with E-state index < -0.39 is 11.4 Å². The van der Waals surface area contributed by atoms with E-state index in [0.717, 1.165) is 6.42 Å². The Kier molecular flexibility index (Phi) is 3.27. The van der Waals surface area contributed by atoms with Gasteiger partial charge >= 0.3 is 5.97 Å². The highest BCUT2D eigenvalue weighted by Crippen LogP contribution is 2.48.